The summed E-state index contributed by atoms with van der Waals surface area (Å²) in [6.45, 7) is 3.59. The van der Waals surface area contributed by atoms with Gasteiger partial charge in [-0.1, -0.05) is 11.8 Å². The molecule has 2 N–H and O–H groups in total. The summed E-state index contributed by atoms with van der Waals surface area (Å²) in [4.78, 5) is 13.1. The standard InChI is InChI=1S/C20H19FN4OS/c1-12(26)2-3-14-11-27-19-17(8-13-4-6-22-9-13)24-20(25-18(14)19)15-5-7-23-10-16(15)21/h5,7,10-13,22,26H,4,6,8-9H2,1H3/t12-,13-/m0/s1. The number of thiophene rings is 1. The molecule has 138 valence electrons. The van der Waals surface area contributed by atoms with Crippen molar-refractivity contribution >= 4 is 21.6 Å². The zero-order valence-electron chi connectivity index (χ0n) is 14.9. The van der Waals surface area contributed by atoms with E-state index in [1.165, 1.54) is 12.4 Å². The zero-order valence-corrected chi connectivity index (χ0v) is 15.7. The maximum atomic E-state index is 14.3. The molecule has 0 spiro atoms. The Morgan fingerprint density at radius 3 is 3.07 bits per heavy atom. The molecule has 5 nitrogen and oxygen atoms in total. The molecule has 4 rings (SSSR count). The fourth-order valence-corrected chi connectivity index (χ4v) is 4.16. The van der Waals surface area contributed by atoms with Crippen molar-refractivity contribution in [2.24, 2.45) is 5.92 Å². The van der Waals surface area contributed by atoms with Crippen LogP contribution in [-0.2, 0) is 6.42 Å². The van der Waals surface area contributed by atoms with Crippen molar-refractivity contribution in [2.75, 3.05) is 13.1 Å². The molecule has 27 heavy (non-hydrogen) atoms. The molecule has 0 unspecified atom stereocenters. The van der Waals surface area contributed by atoms with Crippen LogP contribution in [0.2, 0.25) is 0 Å². The lowest BCUT2D eigenvalue weighted by atomic mass is 10.0. The number of aliphatic hydroxyl groups excluding tert-OH is 1. The monoisotopic (exact) mass is 382 g/mol. The van der Waals surface area contributed by atoms with E-state index in [0.29, 0.717) is 17.3 Å². The summed E-state index contributed by atoms with van der Waals surface area (Å²) >= 11 is 1.55. The van der Waals surface area contributed by atoms with Crippen LogP contribution in [0.1, 0.15) is 24.6 Å². The Hall–Kier alpha value is -2.40. The van der Waals surface area contributed by atoms with Gasteiger partial charge in [0.25, 0.3) is 0 Å². The molecule has 1 aliphatic rings. The van der Waals surface area contributed by atoms with Gasteiger partial charge in [0.05, 0.1) is 27.7 Å². The van der Waals surface area contributed by atoms with Crippen molar-refractivity contribution in [2.45, 2.75) is 25.9 Å². The average molecular weight is 382 g/mol. The van der Waals surface area contributed by atoms with Gasteiger partial charge in [0.15, 0.2) is 11.6 Å². The number of pyridine rings is 1. The van der Waals surface area contributed by atoms with Crippen molar-refractivity contribution in [3.05, 3.63) is 40.9 Å². The maximum Gasteiger partial charge on any atom is 0.163 e. The third-order valence-electron chi connectivity index (χ3n) is 4.56. The number of hydrogen-bond acceptors (Lipinski definition) is 6. The highest BCUT2D eigenvalue weighted by Crippen LogP contribution is 2.31. The molecular formula is C20H19FN4OS. The van der Waals surface area contributed by atoms with Crippen molar-refractivity contribution < 1.29 is 9.50 Å². The fourth-order valence-electron chi connectivity index (χ4n) is 3.23. The van der Waals surface area contributed by atoms with Gasteiger partial charge in [-0.2, -0.15) is 0 Å². The van der Waals surface area contributed by atoms with Crippen LogP contribution in [0.3, 0.4) is 0 Å². The summed E-state index contributed by atoms with van der Waals surface area (Å²) in [6, 6.07) is 1.59. The van der Waals surface area contributed by atoms with Crippen LogP contribution in [0.25, 0.3) is 21.6 Å². The van der Waals surface area contributed by atoms with Gasteiger partial charge in [0.1, 0.15) is 11.6 Å². The minimum atomic E-state index is -0.720. The molecule has 2 atom stereocenters. The number of hydrogen-bond donors (Lipinski definition) is 2. The van der Waals surface area contributed by atoms with E-state index in [1.807, 2.05) is 5.38 Å². The number of aliphatic hydroxyl groups is 1. The number of rotatable bonds is 3. The van der Waals surface area contributed by atoms with Crippen molar-refractivity contribution in [3.8, 4) is 23.2 Å². The molecule has 1 fully saturated rings. The predicted octanol–water partition coefficient (Wildman–Crippen LogP) is 2.78. The Kier molecular flexibility index (Phi) is 5.12. The van der Waals surface area contributed by atoms with E-state index < -0.39 is 11.9 Å². The summed E-state index contributed by atoms with van der Waals surface area (Å²) < 4.78 is 15.3. The van der Waals surface area contributed by atoms with E-state index >= 15 is 0 Å². The summed E-state index contributed by atoms with van der Waals surface area (Å²) in [7, 11) is 0. The number of nitrogens with zero attached hydrogens (tertiary/aromatic N) is 3. The molecular weight excluding hydrogens is 363 g/mol. The molecule has 0 radical (unpaired) electrons. The lowest BCUT2D eigenvalue weighted by molar-refractivity contribution is 0.253. The van der Waals surface area contributed by atoms with Crippen molar-refractivity contribution in [3.63, 3.8) is 0 Å². The molecule has 1 aliphatic heterocycles. The number of nitrogens with one attached hydrogen (secondary N) is 1. The quantitative estimate of drug-likeness (QED) is 0.682. The highest BCUT2D eigenvalue weighted by molar-refractivity contribution is 7.17. The lowest BCUT2D eigenvalue weighted by Gasteiger charge is -2.10. The lowest BCUT2D eigenvalue weighted by Crippen LogP contribution is -2.12. The van der Waals surface area contributed by atoms with Gasteiger partial charge in [-0.25, -0.2) is 14.4 Å². The second kappa shape index (κ2) is 7.69. The Morgan fingerprint density at radius 2 is 2.33 bits per heavy atom. The van der Waals surface area contributed by atoms with Gasteiger partial charge >= 0.3 is 0 Å². The van der Waals surface area contributed by atoms with E-state index in [9.17, 15) is 9.50 Å². The van der Waals surface area contributed by atoms with Gasteiger partial charge in [0.2, 0.25) is 0 Å². The second-order valence-corrected chi connectivity index (χ2v) is 7.56. The van der Waals surface area contributed by atoms with Gasteiger partial charge < -0.3 is 10.4 Å². The smallest absolute Gasteiger partial charge is 0.163 e. The molecule has 0 saturated carbocycles. The zero-order chi connectivity index (χ0) is 18.8. The first kappa shape index (κ1) is 18.0. The first-order valence-electron chi connectivity index (χ1n) is 8.90. The highest BCUT2D eigenvalue weighted by Gasteiger charge is 2.21. The first-order valence-corrected chi connectivity index (χ1v) is 9.78. The number of halogens is 1. The van der Waals surface area contributed by atoms with E-state index in [-0.39, 0.29) is 0 Å². The molecule has 3 aromatic heterocycles. The van der Waals surface area contributed by atoms with E-state index in [1.54, 1.807) is 24.3 Å². The van der Waals surface area contributed by atoms with Crippen molar-refractivity contribution in [1.29, 1.82) is 0 Å². The second-order valence-electron chi connectivity index (χ2n) is 6.68. The third kappa shape index (κ3) is 3.83. The topological polar surface area (TPSA) is 70.9 Å². The minimum absolute atomic E-state index is 0.332. The van der Waals surface area contributed by atoms with Gasteiger partial charge in [0, 0.05) is 11.6 Å². The molecule has 1 saturated heterocycles. The van der Waals surface area contributed by atoms with Gasteiger partial charge in [-0.05, 0) is 44.8 Å². The van der Waals surface area contributed by atoms with Crippen LogP contribution < -0.4 is 5.32 Å². The van der Waals surface area contributed by atoms with Crippen LogP contribution in [0.5, 0.6) is 0 Å². The highest BCUT2D eigenvalue weighted by atomic mass is 32.1. The number of aromatic nitrogens is 3. The van der Waals surface area contributed by atoms with Crippen LogP contribution in [0, 0.1) is 23.6 Å². The van der Waals surface area contributed by atoms with E-state index in [0.717, 1.165) is 47.4 Å². The van der Waals surface area contributed by atoms with Crippen LogP contribution in [0.15, 0.2) is 23.8 Å². The molecule has 0 amide bonds. The Morgan fingerprint density at radius 1 is 1.44 bits per heavy atom. The normalized spacial score (nSPS) is 17.7. The molecule has 3 aromatic rings. The van der Waals surface area contributed by atoms with Gasteiger partial charge in [-0.15, -0.1) is 11.3 Å². The summed E-state index contributed by atoms with van der Waals surface area (Å²) in [5.74, 6) is 6.15. The van der Waals surface area contributed by atoms with Crippen LogP contribution in [-0.4, -0.2) is 39.3 Å². The average Bonchev–Trinajstić information content (AvgIpc) is 3.30. The van der Waals surface area contributed by atoms with Crippen LogP contribution in [0.4, 0.5) is 4.39 Å². The molecule has 0 aliphatic carbocycles. The fraction of sp³-hybridized carbons (Fsp3) is 0.350. The Bertz CT molecular complexity index is 1030. The molecule has 0 aromatic carbocycles. The van der Waals surface area contributed by atoms with Crippen molar-refractivity contribution in [1.82, 2.24) is 20.3 Å². The predicted molar refractivity (Wildman–Crippen MR) is 104 cm³/mol. The SMILES string of the molecule is C[C@H](O)C#Cc1csc2c(C[C@@H]3CCNC3)nc(-c3ccncc3F)nc12. The molecule has 4 heterocycles. The number of fused-ring (bicyclic) bond motifs is 1. The maximum absolute atomic E-state index is 14.3. The first-order chi connectivity index (χ1) is 13.1. The van der Waals surface area contributed by atoms with E-state index in [4.69, 9.17) is 4.98 Å². The van der Waals surface area contributed by atoms with Gasteiger partial charge in [-0.3, -0.25) is 4.98 Å². The van der Waals surface area contributed by atoms with E-state index in [2.05, 4.69) is 27.1 Å². The minimum Gasteiger partial charge on any atom is -0.381 e. The molecule has 0 bridgehead atoms. The summed E-state index contributed by atoms with van der Waals surface area (Å²) in [5, 5.41) is 14.8. The molecule has 7 heteroatoms. The summed E-state index contributed by atoms with van der Waals surface area (Å²) in [6.07, 6.45) is 3.91. The largest absolute Gasteiger partial charge is 0.381 e. The third-order valence-corrected chi connectivity index (χ3v) is 5.58. The Balaban J connectivity index is 1.86. The Labute approximate surface area is 160 Å². The summed E-state index contributed by atoms with van der Waals surface area (Å²) in [5.41, 5.74) is 2.71. The van der Waals surface area contributed by atoms with Crippen LogP contribution >= 0.6 is 11.3 Å².